The molecule has 4 heteroatoms. The molecule has 1 heterocycles. The van der Waals surface area contributed by atoms with Crippen LogP contribution in [0.25, 0.3) is 0 Å². The summed E-state index contributed by atoms with van der Waals surface area (Å²) < 4.78 is 0. The van der Waals surface area contributed by atoms with Gasteiger partial charge < -0.3 is 10.6 Å². The van der Waals surface area contributed by atoms with Gasteiger partial charge in [0.15, 0.2) is 0 Å². The number of amides is 1. The Hall–Kier alpha value is -0.870. The average molecular weight is 280 g/mol. The highest BCUT2D eigenvalue weighted by Gasteiger charge is 2.19. The zero-order chi connectivity index (χ0) is 13.7. The monoisotopic (exact) mass is 280 g/mol. The molecule has 1 saturated carbocycles. The molecule has 0 aromatic carbocycles. The predicted octanol–water partition coefficient (Wildman–Crippen LogP) is 2.98. The van der Waals surface area contributed by atoms with Crippen LogP contribution in [0.15, 0.2) is 12.1 Å². The molecule has 1 fully saturated rings. The lowest BCUT2D eigenvalue weighted by Crippen LogP contribution is -2.46. The molecule has 1 amide bonds. The second-order valence-electron chi connectivity index (χ2n) is 5.46. The van der Waals surface area contributed by atoms with E-state index in [-0.39, 0.29) is 11.9 Å². The smallest absolute Gasteiger partial charge is 0.237 e. The van der Waals surface area contributed by atoms with Crippen molar-refractivity contribution in [3.8, 4) is 0 Å². The van der Waals surface area contributed by atoms with Gasteiger partial charge in [0.1, 0.15) is 0 Å². The van der Waals surface area contributed by atoms with E-state index in [4.69, 9.17) is 0 Å². The molecule has 0 aliphatic heterocycles. The third kappa shape index (κ3) is 4.62. The average Bonchev–Trinajstić information content (AvgIpc) is 2.83. The van der Waals surface area contributed by atoms with Gasteiger partial charge in [-0.3, -0.25) is 4.79 Å². The maximum atomic E-state index is 12.1. The third-order valence-electron chi connectivity index (χ3n) is 3.72. The minimum Gasteiger partial charge on any atom is -0.352 e. The van der Waals surface area contributed by atoms with E-state index in [1.165, 1.54) is 29.0 Å². The van der Waals surface area contributed by atoms with Gasteiger partial charge in [-0.1, -0.05) is 19.3 Å². The number of hydrogen-bond donors (Lipinski definition) is 2. The summed E-state index contributed by atoms with van der Waals surface area (Å²) in [6.07, 6.45) is 6.10. The van der Waals surface area contributed by atoms with Gasteiger partial charge in [0.2, 0.25) is 5.91 Å². The van der Waals surface area contributed by atoms with Crippen LogP contribution in [-0.4, -0.2) is 18.0 Å². The zero-order valence-corrected chi connectivity index (χ0v) is 12.7. The standard InChI is InChI=1S/C15H24N2OS/c1-11-8-9-14(19-11)10-16-12(2)15(18)17-13-6-4-3-5-7-13/h8-9,12-13,16H,3-7,10H2,1-2H3,(H,17,18). The molecule has 0 spiro atoms. The molecule has 19 heavy (non-hydrogen) atoms. The second kappa shape index (κ2) is 7.06. The van der Waals surface area contributed by atoms with Crippen LogP contribution < -0.4 is 10.6 Å². The van der Waals surface area contributed by atoms with Crippen molar-refractivity contribution in [3.05, 3.63) is 21.9 Å². The Morgan fingerprint density at radius 2 is 2.11 bits per heavy atom. The van der Waals surface area contributed by atoms with E-state index in [1.807, 2.05) is 6.92 Å². The van der Waals surface area contributed by atoms with Crippen molar-refractivity contribution in [2.75, 3.05) is 0 Å². The second-order valence-corrected chi connectivity index (χ2v) is 6.83. The first-order valence-electron chi connectivity index (χ1n) is 7.24. The van der Waals surface area contributed by atoms with Gasteiger partial charge in [-0.2, -0.15) is 0 Å². The van der Waals surface area contributed by atoms with E-state index in [9.17, 15) is 4.79 Å². The van der Waals surface area contributed by atoms with E-state index in [1.54, 1.807) is 11.3 Å². The van der Waals surface area contributed by atoms with E-state index >= 15 is 0 Å². The van der Waals surface area contributed by atoms with Crippen LogP contribution in [0.2, 0.25) is 0 Å². The van der Waals surface area contributed by atoms with E-state index in [2.05, 4.69) is 29.7 Å². The van der Waals surface area contributed by atoms with Crippen LogP contribution in [0.1, 0.15) is 48.8 Å². The summed E-state index contributed by atoms with van der Waals surface area (Å²) in [4.78, 5) is 14.7. The van der Waals surface area contributed by atoms with Crippen molar-refractivity contribution in [3.63, 3.8) is 0 Å². The summed E-state index contributed by atoms with van der Waals surface area (Å²) in [6, 6.07) is 4.52. The van der Waals surface area contributed by atoms with E-state index in [0.717, 1.165) is 19.4 Å². The number of aryl methyl sites for hydroxylation is 1. The highest BCUT2D eigenvalue weighted by molar-refractivity contribution is 7.11. The molecule has 1 aromatic rings. The summed E-state index contributed by atoms with van der Waals surface area (Å²) >= 11 is 1.78. The number of thiophene rings is 1. The normalized spacial score (nSPS) is 18.2. The molecule has 2 rings (SSSR count). The van der Waals surface area contributed by atoms with Crippen molar-refractivity contribution in [2.24, 2.45) is 0 Å². The van der Waals surface area contributed by atoms with Gasteiger partial charge in [0.05, 0.1) is 6.04 Å². The number of nitrogens with one attached hydrogen (secondary N) is 2. The SMILES string of the molecule is Cc1ccc(CNC(C)C(=O)NC2CCCCC2)s1. The molecule has 0 saturated heterocycles. The molecule has 0 bridgehead atoms. The summed E-state index contributed by atoms with van der Waals surface area (Å²) in [5.74, 6) is 0.139. The molecule has 1 aromatic heterocycles. The highest BCUT2D eigenvalue weighted by Crippen LogP contribution is 2.17. The first-order valence-corrected chi connectivity index (χ1v) is 8.06. The quantitative estimate of drug-likeness (QED) is 0.870. The topological polar surface area (TPSA) is 41.1 Å². The number of rotatable bonds is 5. The lowest BCUT2D eigenvalue weighted by atomic mass is 9.95. The number of carbonyl (C=O) groups is 1. The maximum absolute atomic E-state index is 12.1. The largest absolute Gasteiger partial charge is 0.352 e. The van der Waals surface area contributed by atoms with Crippen molar-refractivity contribution < 1.29 is 4.79 Å². The Morgan fingerprint density at radius 1 is 1.37 bits per heavy atom. The molecular weight excluding hydrogens is 256 g/mol. The Balaban J connectivity index is 1.72. The molecule has 106 valence electrons. The Kier molecular flexibility index (Phi) is 5.40. The molecule has 1 aliphatic carbocycles. The van der Waals surface area contributed by atoms with Crippen LogP contribution in [0.3, 0.4) is 0 Å². The molecular formula is C15H24N2OS. The van der Waals surface area contributed by atoms with E-state index < -0.39 is 0 Å². The lowest BCUT2D eigenvalue weighted by Gasteiger charge is -2.24. The molecule has 3 nitrogen and oxygen atoms in total. The highest BCUT2D eigenvalue weighted by atomic mass is 32.1. The number of carbonyl (C=O) groups excluding carboxylic acids is 1. The van der Waals surface area contributed by atoms with Crippen LogP contribution in [0.4, 0.5) is 0 Å². The molecule has 0 radical (unpaired) electrons. The van der Waals surface area contributed by atoms with Crippen LogP contribution in [0, 0.1) is 6.92 Å². The van der Waals surface area contributed by atoms with Gasteiger partial charge in [-0.25, -0.2) is 0 Å². The zero-order valence-electron chi connectivity index (χ0n) is 11.9. The van der Waals surface area contributed by atoms with Gasteiger partial charge in [-0.15, -0.1) is 11.3 Å². The van der Waals surface area contributed by atoms with Crippen molar-refractivity contribution in [2.45, 2.75) is 64.6 Å². The Labute approximate surface area is 119 Å². The summed E-state index contributed by atoms with van der Waals surface area (Å²) in [5, 5.41) is 6.46. The maximum Gasteiger partial charge on any atom is 0.237 e. The summed E-state index contributed by atoms with van der Waals surface area (Å²) in [5.41, 5.74) is 0. The van der Waals surface area contributed by atoms with Crippen molar-refractivity contribution >= 4 is 17.2 Å². The minimum absolute atomic E-state index is 0.121. The number of hydrogen-bond acceptors (Lipinski definition) is 3. The molecule has 2 N–H and O–H groups in total. The Bertz CT molecular complexity index is 410. The molecule has 1 aliphatic rings. The van der Waals surface area contributed by atoms with Crippen LogP contribution >= 0.6 is 11.3 Å². The first-order chi connectivity index (χ1) is 9.15. The van der Waals surface area contributed by atoms with Gasteiger partial charge in [-0.05, 0) is 38.8 Å². The third-order valence-corrected chi connectivity index (χ3v) is 4.72. The Morgan fingerprint density at radius 3 is 2.74 bits per heavy atom. The van der Waals surface area contributed by atoms with Gasteiger partial charge in [0.25, 0.3) is 0 Å². The van der Waals surface area contributed by atoms with Crippen LogP contribution in [0.5, 0.6) is 0 Å². The summed E-state index contributed by atoms with van der Waals surface area (Å²) in [6.45, 7) is 4.82. The first kappa shape index (κ1) is 14.5. The van der Waals surface area contributed by atoms with E-state index in [0.29, 0.717) is 6.04 Å². The van der Waals surface area contributed by atoms with Crippen LogP contribution in [-0.2, 0) is 11.3 Å². The van der Waals surface area contributed by atoms with Gasteiger partial charge in [0, 0.05) is 22.3 Å². The minimum atomic E-state index is -0.121. The van der Waals surface area contributed by atoms with Crippen molar-refractivity contribution in [1.29, 1.82) is 0 Å². The van der Waals surface area contributed by atoms with Crippen molar-refractivity contribution in [1.82, 2.24) is 10.6 Å². The van der Waals surface area contributed by atoms with Gasteiger partial charge >= 0.3 is 0 Å². The lowest BCUT2D eigenvalue weighted by molar-refractivity contribution is -0.123. The fraction of sp³-hybridized carbons (Fsp3) is 0.667. The molecule has 1 atom stereocenters. The fourth-order valence-electron chi connectivity index (χ4n) is 2.50. The molecule has 1 unspecified atom stereocenters. The fourth-order valence-corrected chi connectivity index (χ4v) is 3.34. The predicted molar refractivity (Wildman–Crippen MR) is 80.4 cm³/mol. The summed E-state index contributed by atoms with van der Waals surface area (Å²) in [7, 11) is 0.